The Hall–Kier alpha value is -1.64. The molecule has 0 radical (unpaired) electrons. The number of hydrogen-bond donors (Lipinski definition) is 2. The summed E-state index contributed by atoms with van der Waals surface area (Å²) in [6, 6.07) is 2.12. The van der Waals surface area contributed by atoms with E-state index < -0.39 is 0 Å². The lowest BCUT2D eigenvalue weighted by Crippen LogP contribution is -2.29. The van der Waals surface area contributed by atoms with Crippen molar-refractivity contribution in [1.29, 1.82) is 0 Å². The van der Waals surface area contributed by atoms with Gasteiger partial charge in [-0.05, 0) is 17.9 Å². The molecule has 0 amide bonds. The molecule has 0 aliphatic rings. The Morgan fingerprint density at radius 3 is 3.22 bits per heavy atom. The van der Waals surface area contributed by atoms with Crippen molar-refractivity contribution in [2.75, 3.05) is 0 Å². The summed E-state index contributed by atoms with van der Waals surface area (Å²) < 4.78 is 0.675. The lowest BCUT2D eigenvalue weighted by Gasteiger charge is -2.13. The van der Waals surface area contributed by atoms with Crippen LogP contribution in [0.3, 0.4) is 0 Å². The predicted octanol–water partition coefficient (Wildman–Crippen LogP) is 1.88. The number of fused-ring (bicyclic) bond motifs is 1. The Kier molecular flexibility index (Phi) is 4.13. The molecule has 2 aromatic heterocycles. The highest BCUT2D eigenvalue weighted by atomic mass is 32.1. The van der Waals surface area contributed by atoms with Gasteiger partial charge in [-0.3, -0.25) is 4.79 Å². The van der Waals surface area contributed by atoms with Crippen LogP contribution in [-0.2, 0) is 6.54 Å². The third kappa shape index (κ3) is 2.78. The van der Waals surface area contributed by atoms with Gasteiger partial charge < -0.3 is 10.3 Å². The number of aromatic amines is 1. The topological polar surface area (TPSA) is 57.8 Å². The minimum atomic E-state index is -0.0724. The number of nitrogens with zero attached hydrogens (tertiary/aromatic N) is 1. The molecule has 1 atom stereocenters. The Bertz CT molecular complexity index is 623. The molecule has 2 heterocycles. The van der Waals surface area contributed by atoms with Crippen molar-refractivity contribution in [3.05, 3.63) is 27.6 Å². The average Bonchev–Trinajstić information content (AvgIpc) is 2.83. The van der Waals surface area contributed by atoms with Crippen molar-refractivity contribution in [3.8, 4) is 12.3 Å². The number of hydrogen-bond acceptors (Lipinski definition) is 4. The normalized spacial score (nSPS) is 12.4. The molecule has 0 spiro atoms. The summed E-state index contributed by atoms with van der Waals surface area (Å²) in [5.74, 6) is 3.29. The van der Waals surface area contributed by atoms with Crippen molar-refractivity contribution < 1.29 is 0 Å². The molecule has 0 aliphatic heterocycles. The Labute approximate surface area is 109 Å². The highest BCUT2D eigenvalue weighted by Crippen LogP contribution is 2.13. The summed E-state index contributed by atoms with van der Waals surface area (Å²) in [6.45, 7) is 2.61. The van der Waals surface area contributed by atoms with Gasteiger partial charge in [0.05, 0.1) is 12.1 Å². The van der Waals surface area contributed by atoms with E-state index in [0.29, 0.717) is 23.5 Å². The van der Waals surface area contributed by atoms with E-state index in [1.54, 1.807) is 0 Å². The molecule has 0 saturated carbocycles. The third-order valence-electron chi connectivity index (χ3n) is 2.78. The van der Waals surface area contributed by atoms with E-state index in [2.05, 4.69) is 28.1 Å². The standard InChI is InChI=1S/C13H15N3OS/c1-3-5-9(4-2)14-8-11-15-10-6-7-18-12(10)13(17)16-11/h1,6-7,9,14H,4-5,8H2,2H3,(H,15,16,17). The highest BCUT2D eigenvalue weighted by molar-refractivity contribution is 7.17. The van der Waals surface area contributed by atoms with Crippen LogP contribution in [0.25, 0.3) is 10.2 Å². The van der Waals surface area contributed by atoms with E-state index in [1.807, 2.05) is 11.4 Å². The lowest BCUT2D eigenvalue weighted by atomic mass is 10.1. The molecule has 0 fully saturated rings. The van der Waals surface area contributed by atoms with Gasteiger partial charge in [-0.15, -0.1) is 23.7 Å². The van der Waals surface area contributed by atoms with Crippen LogP contribution in [0.15, 0.2) is 16.2 Å². The fraction of sp³-hybridized carbons (Fsp3) is 0.385. The summed E-state index contributed by atoms with van der Waals surface area (Å²) >= 11 is 1.41. The molecule has 94 valence electrons. The highest BCUT2D eigenvalue weighted by Gasteiger charge is 2.07. The first-order valence-electron chi connectivity index (χ1n) is 5.87. The van der Waals surface area contributed by atoms with Gasteiger partial charge in [0.25, 0.3) is 5.56 Å². The maximum Gasteiger partial charge on any atom is 0.268 e. The summed E-state index contributed by atoms with van der Waals surface area (Å²) in [5, 5.41) is 5.17. The molecule has 18 heavy (non-hydrogen) atoms. The maximum atomic E-state index is 11.8. The number of rotatable bonds is 5. The van der Waals surface area contributed by atoms with Gasteiger partial charge in [-0.25, -0.2) is 4.98 Å². The predicted molar refractivity (Wildman–Crippen MR) is 74.6 cm³/mol. The van der Waals surface area contributed by atoms with Crippen LogP contribution in [0.2, 0.25) is 0 Å². The number of terminal acetylenes is 1. The zero-order valence-corrected chi connectivity index (χ0v) is 11.0. The van der Waals surface area contributed by atoms with E-state index >= 15 is 0 Å². The van der Waals surface area contributed by atoms with E-state index in [-0.39, 0.29) is 11.6 Å². The lowest BCUT2D eigenvalue weighted by molar-refractivity contribution is 0.497. The Morgan fingerprint density at radius 2 is 2.50 bits per heavy atom. The van der Waals surface area contributed by atoms with Crippen molar-refractivity contribution in [1.82, 2.24) is 15.3 Å². The molecule has 0 saturated heterocycles. The molecular weight excluding hydrogens is 246 g/mol. The second-order valence-electron chi connectivity index (χ2n) is 4.04. The molecule has 4 nitrogen and oxygen atoms in total. The fourth-order valence-corrected chi connectivity index (χ4v) is 2.47. The molecular formula is C13H15N3OS. The monoisotopic (exact) mass is 261 g/mol. The van der Waals surface area contributed by atoms with Crippen LogP contribution in [0.5, 0.6) is 0 Å². The summed E-state index contributed by atoms with van der Waals surface area (Å²) in [5.41, 5.74) is 0.683. The number of aromatic nitrogens is 2. The summed E-state index contributed by atoms with van der Waals surface area (Å²) in [4.78, 5) is 18.9. The fourth-order valence-electron chi connectivity index (χ4n) is 1.75. The van der Waals surface area contributed by atoms with E-state index in [1.165, 1.54) is 11.3 Å². The molecule has 2 N–H and O–H groups in total. The first-order valence-corrected chi connectivity index (χ1v) is 6.75. The summed E-state index contributed by atoms with van der Waals surface area (Å²) in [7, 11) is 0. The molecule has 0 bridgehead atoms. The first kappa shape index (κ1) is 12.8. The quantitative estimate of drug-likeness (QED) is 0.808. The van der Waals surface area contributed by atoms with Gasteiger partial charge in [0.1, 0.15) is 10.5 Å². The molecule has 2 rings (SSSR count). The van der Waals surface area contributed by atoms with Crippen molar-refractivity contribution in [2.45, 2.75) is 32.4 Å². The summed E-state index contributed by atoms with van der Waals surface area (Å²) in [6.07, 6.45) is 6.93. The largest absolute Gasteiger partial charge is 0.308 e. The van der Waals surface area contributed by atoms with E-state index in [9.17, 15) is 4.79 Å². The van der Waals surface area contributed by atoms with Gasteiger partial charge >= 0.3 is 0 Å². The van der Waals surface area contributed by atoms with Crippen LogP contribution in [-0.4, -0.2) is 16.0 Å². The zero-order chi connectivity index (χ0) is 13.0. The SMILES string of the molecule is C#CCC(CC)NCc1nc2ccsc2c(=O)[nH]1. The molecule has 1 unspecified atom stereocenters. The smallest absolute Gasteiger partial charge is 0.268 e. The first-order chi connectivity index (χ1) is 8.74. The second kappa shape index (κ2) is 5.80. The second-order valence-corrected chi connectivity index (χ2v) is 4.96. The minimum absolute atomic E-state index is 0.0724. The molecule has 5 heteroatoms. The molecule has 0 aromatic carbocycles. The van der Waals surface area contributed by atoms with Gasteiger partial charge in [0.15, 0.2) is 0 Å². The van der Waals surface area contributed by atoms with Crippen molar-refractivity contribution in [3.63, 3.8) is 0 Å². The number of nitrogens with one attached hydrogen (secondary N) is 2. The van der Waals surface area contributed by atoms with Crippen LogP contribution in [0, 0.1) is 12.3 Å². The van der Waals surface area contributed by atoms with E-state index in [4.69, 9.17) is 6.42 Å². The molecule has 0 aliphatic carbocycles. The third-order valence-corrected chi connectivity index (χ3v) is 3.68. The molecule has 2 aromatic rings. The average molecular weight is 261 g/mol. The van der Waals surface area contributed by atoms with Crippen LogP contribution >= 0.6 is 11.3 Å². The zero-order valence-electron chi connectivity index (χ0n) is 10.2. The van der Waals surface area contributed by atoms with Crippen LogP contribution in [0.1, 0.15) is 25.6 Å². The van der Waals surface area contributed by atoms with Crippen molar-refractivity contribution in [2.24, 2.45) is 0 Å². The van der Waals surface area contributed by atoms with Gasteiger partial charge in [-0.2, -0.15) is 0 Å². The van der Waals surface area contributed by atoms with Gasteiger partial charge in [-0.1, -0.05) is 6.92 Å². The van der Waals surface area contributed by atoms with E-state index in [0.717, 1.165) is 11.9 Å². The maximum absolute atomic E-state index is 11.8. The van der Waals surface area contributed by atoms with Gasteiger partial charge in [0.2, 0.25) is 0 Å². The Morgan fingerprint density at radius 1 is 1.67 bits per heavy atom. The Balaban J connectivity index is 2.12. The van der Waals surface area contributed by atoms with Crippen LogP contribution < -0.4 is 10.9 Å². The van der Waals surface area contributed by atoms with Crippen LogP contribution in [0.4, 0.5) is 0 Å². The minimum Gasteiger partial charge on any atom is -0.308 e. The number of thiophene rings is 1. The number of H-pyrrole nitrogens is 1. The van der Waals surface area contributed by atoms with Gasteiger partial charge in [0, 0.05) is 12.5 Å². The van der Waals surface area contributed by atoms with Crippen molar-refractivity contribution >= 4 is 21.6 Å².